The van der Waals surface area contributed by atoms with E-state index < -0.39 is 0 Å². The zero-order valence-electron chi connectivity index (χ0n) is 15.7. The van der Waals surface area contributed by atoms with Gasteiger partial charge in [-0.3, -0.25) is 5.10 Å². The van der Waals surface area contributed by atoms with Gasteiger partial charge >= 0.3 is 0 Å². The highest BCUT2D eigenvalue weighted by molar-refractivity contribution is 6.28. The van der Waals surface area contributed by atoms with Crippen LogP contribution >= 0.6 is 11.6 Å². The first-order valence-corrected chi connectivity index (χ1v) is 9.68. The summed E-state index contributed by atoms with van der Waals surface area (Å²) in [7, 11) is 0. The van der Waals surface area contributed by atoms with E-state index in [4.69, 9.17) is 21.3 Å². The number of halogens is 1. The Balaban J connectivity index is 1.46. The number of morpholine rings is 1. The minimum Gasteiger partial charge on any atom is -0.377 e. The summed E-state index contributed by atoms with van der Waals surface area (Å²) in [6.07, 6.45) is 3.27. The average Bonchev–Trinajstić information content (AvgIpc) is 3.34. The van der Waals surface area contributed by atoms with Crippen LogP contribution in [0.5, 0.6) is 0 Å². The van der Waals surface area contributed by atoms with Gasteiger partial charge in [-0.2, -0.15) is 5.10 Å². The Morgan fingerprint density at radius 2 is 2.21 bits per heavy atom. The molecule has 0 spiro atoms. The van der Waals surface area contributed by atoms with Crippen LogP contribution in [-0.2, 0) is 4.74 Å². The van der Waals surface area contributed by atoms with Crippen molar-refractivity contribution in [1.82, 2.24) is 30.1 Å². The summed E-state index contributed by atoms with van der Waals surface area (Å²) in [6, 6.07) is 8.33. The van der Waals surface area contributed by atoms with Crippen LogP contribution in [0.4, 0.5) is 17.2 Å². The SMILES string of the molecule is CC1COCCN1c1ccc2nc(-c3[nH]ncc3Nc3ccnc(Cl)n3)[nH]c2c1. The van der Waals surface area contributed by atoms with E-state index in [2.05, 4.69) is 54.4 Å². The van der Waals surface area contributed by atoms with Crippen LogP contribution in [0.1, 0.15) is 6.92 Å². The van der Waals surface area contributed by atoms with Gasteiger partial charge in [-0.1, -0.05) is 0 Å². The topological polar surface area (TPSA) is 108 Å². The summed E-state index contributed by atoms with van der Waals surface area (Å²) >= 11 is 5.87. The first-order chi connectivity index (χ1) is 14.2. The first kappa shape index (κ1) is 17.9. The van der Waals surface area contributed by atoms with Crippen LogP contribution in [-0.4, -0.2) is 55.9 Å². The van der Waals surface area contributed by atoms with Gasteiger partial charge in [0.25, 0.3) is 0 Å². The van der Waals surface area contributed by atoms with Crippen LogP contribution in [0.25, 0.3) is 22.6 Å². The molecule has 29 heavy (non-hydrogen) atoms. The molecule has 0 saturated carbocycles. The summed E-state index contributed by atoms with van der Waals surface area (Å²) in [5.74, 6) is 1.26. The number of imidazole rings is 1. The molecule has 1 saturated heterocycles. The number of hydrogen-bond donors (Lipinski definition) is 3. The molecular formula is C19H19ClN8O. The lowest BCUT2D eigenvalue weighted by Crippen LogP contribution is -2.43. The number of nitrogens with zero attached hydrogens (tertiary/aromatic N) is 5. The average molecular weight is 411 g/mol. The number of nitrogens with one attached hydrogen (secondary N) is 3. The minimum atomic E-state index is 0.175. The molecule has 4 heterocycles. The van der Waals surface area contributed by atoms with Gasteiger partial charge in [-0.25, -0.2) is 15.0 Å². The van der Waals surface area contributed by atoms with Gasteiger partial charge in [0.2, 0.25) is 5.28 Å². The van der Waals surface area contributed by atoms with Gasteiger partial charge in [0.1, 0.15) is 11.5 Å². The number of hydrogen-bond acceptors (Lipinski definition) is 7. The Morgan fingerprint density at radius 1 is 1.28 bits per heavy atom. The molecule has 3 aromatic heterocycles. The number of aromatic nitrogens is 6. The lowest BCUT2D eigenvalue weighted by Gasteiger charge is -2.35. The zero-order valence-corrected chi connectivity index (χ0v) is 16.4. The molecule has 0 amide bonds. The Morgan fingerprint density at radius 3 is 3.07 bits per heavy atom. The summed E-state index contributed by atoms with van der Waals surface area (Å²) in [5, 5.41) is 10.5. The smallest absolute Gasteiger partial charge is 0.224 e. The third kappa shape index (κ3) is 3.50. The Hall–Kier alpha value is -3.17. The number of rotatable bonds is 4. The van der Waals surface area contributed by atoms with Crippen molar-refractivity contribution >= 4 is 39.8 Å². The maximum atomic E-state index is 5.87. The van der Waals surface area contributed by atoms with Crippen LogP contribution in [0.2, 0.25) is 5.28 Å². The normalized spacial score (nSPS) is 17.0. The molecular weight excluding hydrogens is 392 g/mol. The van der Waals surface area contributed by atoms with Gasteiger partial charge in [-0.05, 0) is 42.8 Å². The van der Waals surface area contributed by atoms with Crippen molar-refractivity contribution in [3.05, 3.63) is 41.9 Å². The second-order valence-corrected chi connectivity index (χ2v) is 7.24. The fourth-order valence-corrected chi connectivity index (χ4v) is 3.66. The second kappa shape index (κ2) is 7.34. The second-order valence-electron chi connectivity index (χ2n) is 6.90. The van der Waals surface area contributed by atoms with E-state index in [1.807, 2.05) is 6.07 Å². The van der Waals surface area contributed by atoms with Gasteiger partial charge in [0.15, 0.2) is 5.82 Å². The van der Waals surface area contributed by atoms with Crippen molar-refractivity contribution in [2.24, 2.45) is 0 Å². The highest BCUT2D eigenvalue weighted by atomic mass is 35.5. The molecule has 0 aliphatic carbocycles. The zero-order chi connectivity index (χ0) is 19.8. The molecule has 1 atom stereocenters. The molecule has 1 aliphatic rings. The molecule has 4 aromatic rings. The van der Waals surface area contributed by atoms with E-state index in [0.29, 0.717) is 17.7 Å². The van der Waals surface area contributed by atoms with E-state index in [0.717, 1.165) is 47.9 Å². The fraction of sp³-hybridized carbons (Fsp3) is 0.263. The van der Waals surface area contributed by atoms with E-state index >= 15 is 0 Å². The van der Waals surface area contributed by atoms with E-state index in [-0.39, 0.29) is 5.28 Å². The quantitative estimate of drug-likeness (QED) is 0.442. The number of H-pyrrole nitrogens is 2. The predicted molar refractivity (Wildman–Crippen MR) is 112 cm³/mol. The summed E-state index contributed by atoms with van der Waals surface area (Å²) in [6.45, 7) is 4.53. The van der Waals surface area contributed by atoms with Crippen LogP contribution in [0.15, 0.2) is 36.7 Å². The standard InChI is InChI=1S/C19H19ClN8O/c1-11-10-29-7-6-28(11)12-2-3-13-14(8-12)25-18(24-13)17-15(9-22-27-17)23-16-4-5-21-19(20)26-16/h2-5,8-9,11H,6-7,10H2,1H3,(H,22,27)(H,24,25)(H,21,23,26). The van der Waals surface area contributed by atoms with Crippen molar-refractivity contribution in [2.45, 2.75) is 13.0 Å². The molecule has 5 rings (SSSR count). The molecule has 1 aliphatic heterocycles. The lowest BCUT2D eigenvalue weighted by atomic mass is 10.2. The summed E-state index contributed by atoms with van der Waals surface area (Å²) in [5.41, 5.74) is 4.47. The monoisotopic (exact) mass is 410 g/mol. The Labute approximate surface area is 171 Å². The number of aromatic amines is 2. The third-order valence-electron chi connectivity index (χ3n) is 4.93. The van der Waals surface area contributed by atoms with Gasteiger partial charge < -0.3 is 19.9 Å². The molecule has 10 heteroatoms. The van der Waals surface area contributed by atoms with E-state index in [9.17, 15) is 0 Å². The number of benzene rings is 1. The number of anilines is 3. The van der Waals surface area contributed by atoms with E-state index in [1.165, 1.54) is 0 Å². The van der Waals surface area contributed by atoms with Crippen LogP contribution < -0.4 is 10.2 Å². The lowest BCUT2D eigenvalue weighted by molar-refractivity contribution is 0.0989. The maximum absolute atomic E-state index is 5.87. The highest BCUT2D eigenvalue weighted by Gasteiger charge is 2.20. The van der Waals surface area contributed by atoms with Crippen molar-refractivity contribution in [3.63, 3.8) is 0 Å². The minimum absolute atomic E-state index is 0.175. The van der Waals surface area contributed by atoms with Gasteiger partial charge in [0, 0.05) is 24.5 Å². The van der Waals surface area contributed by atoms with Crippen molar-refractivity contribution in [3.8, 4) is 11.5 Å². The molecule has 9 nitrogen and oxygen atoms in total. The molecule has 0 radical (unpaired) electrons. The van der Waals surface area contributed by atoms with E-state index in [1.54, 1.807) is 18.5 Å². The predicted octanol–water partition coefficient (Wildman–Crippen LogP) is 3.37. The van der Waals surface area contributed by atoms with Crippen molar-refractivity contribution < 1.29 is 4.74 Å². The fourth-order valence-electron chi connectivity index (χ4n) is 3.51. The summed E-state index contributed by atoms with van der Waals surface area (Å²) < 4.78 is 5.55. The number of fused-ring (bicyclic) bond motifs is 1. The highest BCUT2D eigenvalue weighted by Crippen LogP contribution is 2.29. The molecule has 1 aromatic carbocycles. The molecule has 1 unspecified atom stereocenters. The molecule has 0 bridgehead atoms. The van der Waals surface area contributed by atoms with Crippen molar-refractivity contribution in [1.29, 1.82) is 0 Å². The van der Waals surface area contributed by atoms with Crippen LogP contribution in [0, 0.1) is 0 Å². The Bertz CT molecular complexity index is 1160. The van der Waals surface area contributed by atoms with Crippen LogP contribution in [0.3, 0.4) is 0 Å². The van der Waals surface area contributed by atoms with Gasteiger partial charge in [-0.15, -0.1) is 0 Å². The maximum Gasteiger partial charge on any atom is 0.224 e. The Kier molecular flexibility index (Phi) is 4.53. The molecule has 148 valence electrons. The summed E-state index contributed by atoms with van der Waals surface area (Å²) in [4.78, 5) is 18.5. The third-order valence-corrected chi connectivity index (χ3v) is 5.11. The molecule has 3 N–H and O–H groups in total. The largest absolute Gasteiger partial charge is 0.377 e. The van der Waals surface area contributed by atoms with Crippen molar-refractivity contribution in [2.75, 3.05) is 30.0 Å². The first-order valence-electron chi connectivity index (χ1n) is 9.31. The number of ether oxygens (including phenoxy) is 1. The molecule has 1 fully saturated rings. The van der Waals surface area contributed by atoms with Gasteiger partial charge in [0.05, 0.1) is 36.1 Å².